The first-order chi connectivity index (χ1) is 14.1. The molecule has 2 aromatic rings. The number of hydrogen-bond donors (Lipinski definition) is 0. The third-order valence-electron chi connectivity index (χ3n) is 8.38. The quantitative estimate of drug-likeness (QED) is 0.602. The van der Waals surface area contributed by atoms with Crippen LogP contribution in [0.25, 0.3) is 0 Å². The van der Waals surface area contributed by atoms with Gasteiger partial charge in [-0.1, -0.05) is 60.7 Å². The molecule has 0 radical (unpaired) electrons. The molecule has 0 N–H and O–H groups in total. The Morgan fingerprint density at radius 3 is 1.77 bits per heavy atom. The Balaban J connectivity index is 0.00000218. The van der Waals surface area contributed by atoms with Crippen LogP contribution in [-0.4, -0.2) is 30.2 Å². The SMILES string of the molecule is C[N+]1(CC2CC2)C2CCC1CC(CC(C#N)(c1ccccc1)c1ccccc1)C2.[Br-]. The van der Waals surface area contributed by atoms with Gasteiger partial charge in [-0.05, 0) is 36.3 Å². The molecule has 2 saturated heterocycles. The Bertz CT molecular complexity index is 831. The first-order valence-electron chi connectivity index (χ1n) is 11.5. The van der Waals surface area contributed by atoms with Crippen LogP contribution in [0.1, 0.15) is 56.1 Å². The van der Waals surface area contributed by atoms with Crippen molar-refractivity contribution >= 4 is 0 Å². The first-order valence-corrected chi connectivity index (χ1v) is 11.5. The molecule has 2 aliphatic heterocycles. The molecule has 1 saturated carbocycles. The number of quaternary nitrogens is 1. The van der Waals surface area contributed by atoms with Crippen LogP contribution in [0, 0.1) is 23.2 Å². The van der Waals surface area contributed by atoms with Crippen LogP contribution < -0.4 is 17.0 Å². The summed E-state index contributed by atoms with van der Waals surface area (Å²) in [4.78, 5) is 0. The highest BCUT2D eigenvalue weighted by Gasteiger charge is 2.54. The molecule has 0 spiro atoms. The number of halogens is 1. The Hall–Kier alpha value is -1.63. The van der Waals surface area contributed by atoms with Gasteiger partial charge in [0.25, 0.3) is 0 Å². The van der Waals surface area contributed by atoms with Gasteiger partial charge in [0.1, 0.15) is 5.41 Å². The molecule has 0 aromatic heterocycles. The molecule has 2 bridgehead atoms. The predicted molar refractivity (Wildman–Crippen MR) is 117 cm³/mol. The summed E-state index contributed by atoms with van der Waals surface area (Å²) in [6, 6.07) is 25.5. The fourth-order valence-electron chi connectivity index (χ4n) is 6.63. The summed E-state index contributed by atoms with van der Waals surface area (Å²) < 4.78 is 1.33. The number of fused-ring (bicyclic) bond motifs is 2. The van der Waals surface area contributed by atoms with Crippen LogP contribution in [0.5, 0.6) is 0 Å². The van der Waals surface area contributed by atoms with Crippen molar-refractivity contribution in [1.82, 2.24) is 0 Å². The lowest BCUT2D eigenvalue weighted by atomic mass is 9.67. The zero-order chi connectivity index (χ0) is 19.9. The number of piperidine rings is 1. The summed E-state index contributed by atoms with van der Waals surface area (Å²) in [7, 11) is 2.54. The highest BCUT2D eigenvalue weighted by Crippen LogP contribution is 2.50. The first kappa shape index (κ1) is 21.6. The molecule has 158 valence electrons. The summed E-state index contributed by atoms with van der Waals surface area (Å²) in [5.41, 5.74) is 1.77. The van der Waals surface area contributed by atoms with Crippen LogP contribution in [0.2, 0.25) is 0 Å². The number of nitriles is 1. The lowest BCUT2D eigenvalue weighted by molar-refractivity contribution is -0.951. The molecule has 3 aliphatic rings. The third-order valence-corrected chi connectivity index (χ3v) is 8.38. The molecule has 2 atom stereocenters. The van der Waals surface area contributed by atoms with Gasteiger partial charge in [0.15, 0.2) is 0 Å². The molecule has 0 amide bonds. The van der Waals surface area contributed by atoms with Gasteiger partial charge in [0.05, 0.1) is 31.7 Å². The molecular formula is C27H33BrN2. The van der Waals surface area contributed by atoms with Gasteiger partial charge < -0.3 is 21.5 Å². The van der Waals surface area contributed by atoms with E-state index >= 15 is 0 Å². The number of benzene rings is 2. The van der Waals surface area contributed by atoms with Crippen LogP contribution in [0.4, 0.5) is 0 Å². The van der Waals surface area contributed by atoms with Gasteiger partial charge in [0, 0.05) is 31.6 Å². The average molecular weight is 465 g/mol. The van der Waals surface area contributed by atoms with E-state index in [4.69, 9.17) is 0 Å². The summed E-state index contributed by atoms with van der Waals surface area (Å²) in [6.07, 6.45) is 9.23. The van der Waals surface area contributed by atoms with E-state index in [1.165, 1.54) is 49.6 Å². The van der Waals surface area contributed by atoms with Gasteiger partial charge in [-0.2, -0.15) is 5.26 Å². The molecule has 30 heavy (non-hydrogen) atoms. The molecule has 2 heterocycles. The minimum Gasteiger partial charge on any atom is -1.00 e. The van der Waals surface area contributed by atoms with E-state index in [1.807, 2.05) is 0 Å². The molecular weight excluding hydrogens is 432 g/mol. The average Bonchev–Trinajstić information content (AvgIpc) is 3.55. The van der Waals surface area contributed by atoms with E-state index in [1.54, 1.807) is 0 Å². The maximum atomic E-state index is 10.5. The molecule has 2 nitrogen and oxygen atoms in total. The van der Waals surface area contributed by atoms with Crippen LogP contribution >= 0.6 is 0 Å². The van der Waals surface area contributed by atoms with Crippen molar-refractivity contribution in [3.05, 3.63) is 71.8 Å². The normalized spacial score (nSPS) is 30.3. The van der Waals surface area contributed by atoms with Gasteiger partial charge in [-0.15, -0.1) is 0 Å². The van der Waals surface area contributed by atoms with Crippen molar-refractivity contribution in [2.75, 3.05) is 13.6 Å². The van der Waals surface area contributed by atoms with Crippen molar-refractivity contribution < 1.29 is 21.5 Å². The number of hydrogen-bond acceptors (Lipinski definition) is 1. The lowest BCUT2D eigenvalue weighted by Crippen LogP contribution is -3.00. The van der Waals surface area contributed by atoms with Crippen LogP contribution in [0.3, 0.4) is 0 Å². The zero-order valence-electron chi connectivity index (χ0n) is 18.0. The maximum absolute atomic E-state index is 10.5. The van der Waals surface area contributed by atoms with Gasteiger partial charge in [0.2, 0.25) is 0 Å². The Kier molecular flexibility index (Phi) is 6.11. The Morgan fingerprint density at radius 2 is 1.33 bits per heavy atom. The van der Waals surface area contributed by atoms with E-state index in [2.05, 4.69) is 73.8 Å². The zero-order valence-corrected chi connectivity index (χ0v) is 19.6. The summed E-state index contributed by atoms with van der Waals surface area (Å²) >= 11 is 0. The van der Waals surface area contributed by atoms with E-state index in [0.29, 0.717) is 5.92 Å². The summed E-state index contributed by atoms with van der Waals surface area (Å²) in [6.45, 7) is 1.41. The number of rotatable bonds is 6. The van der Waals surface area contributed by atoms with Crippen molar-refractivity contribution in [3.63, 3.8) is 0 Å². The fraction of sp³-hybridized carbons (Fsp3) is 0.519. The van der Waals surface area contributed by atoms with Crippen molar-refractivity contribution in [1.29, 1.82) is 5.26 Å². The summed E-state index contributed by atoms with van der Waals surface area (Å²) in [5, 5.41) is 10.5. The van der Waals surface area contributed by atoms with E-state index in [9.17, 15) is 5.26 Å². The van der Waals surface area contributed by atoms with Crippen LogP contribution in [-0.2, 0) is 5.41 Å². The smallest absolute Gasteiger partial charge is 0.107 e. The monoisotopic (exact) mass is 464 g/mol. The van der Waals surface area contributed by atoms with E-state index in [-0.39, 0.29) is 17.0 Å². The fourth-order valence-corrected chi connectivity index (χ4v) is 6.63. The highest BCUT2D eigenvalue weighted by molar-refractivity contribution is 5.45. The molecule has 3 heteroatoms. The maximum Gasteiger partial charge on any atom is 0.107 e. The van der Waals surface area contributed by atoms with Gasteiger partial charge in [-0.3, -0.25) is 0 Å². The van der Waals surface area contributed by atoms with Gasteiger partial charge >= 0.3 is 0 Å². The van der Waals surface area contributed by atoms with E-state index in [0.717, 1.165) is 35.5 Å². The predicted octanol–water partition coefficient (Wildman–Crippen LogP) is 2.69. The Labute approximate surface area is 192 Å². The third kappa shape index (κ3) is 3.74. The number of nitrogens with zero attached hydrogens (tertiary/aromatic N) is 2. The second-order valence-corrected chi connectivity index (χ2v) is 10.1. The minimum absolute atomic E-state index is 0. The lowest BCUT2D eigenvalue weighted by Gasteiger charge is -2.48. The van der Waals surface area contributed by atoms with Crippen LogP contribution in [0.15, 0.2) is 60.7 Å². The second kappa shape index (κ2) is 8.48. The molecule has 1 aliphatic carbocycles. The Morgan fingerprint density at radius 1 is 0.833 bits per heavy atom. The highest BCUT2D eigenvalue weighted by atomic mass is 79.9. The molecule has 5 rings (SSSR count). The largest absolute Gasteiger partial charge is 1.00 e. The molecule has 2 unspecified atom stereocenters. The van der Waals surface area contributed by atoms with Crippen molar-refractivity contribution in [2.24, 2.45) is 11.8 Å². The van der Waals surface area contributed by atoms with Crippen molar-refractivity contribution in [3.8, 4) is 6.07 Å². The second-order valence-electron chi connectivity index (χ2n) is 10.1. The standard InChI is InChI=1S/C27H33N2.BrH/c1-29(19-21-12-13-21)25-14-15-26(29)17-22(16-25)18-27(20-28,23-8-4-2-5-9-23)24-10-6-3-7-11-24;/h2-11,21-22,25-26H,12-19H2,1H3;1H/q+1;/p-1. The summed E-state index contributed by atoms with van der Waals surface area (Å²) in [5.74, 6) is 1.63. The van der Waals surface area contributed by atoms with E-state index < -0.39 is 5.41 Å². The topological polar surface area (TPSA) is 23.8 Å². The minimum atomic E-state index is -0.538. The van der Waals surface area contributed by atoms with Gasteiger partial charge in [-0.25, -0.2) is 0 Å². The van der Waals surface area contributed by atoms with Crippen molar-refractivity contribution in [2.45, 2.75) is 62.4 Å². The molecule has 2 aromatic carbocycles. The molecule has 3 fully saturated rings.